The molecular weight excluding hydrogens is 194 g/mol. The van der Waals surface area contributed by atoms with Gasteiger partial charge in [-0.2, -0.15) is 0 Å². The normalized spacial score (nSPS) is 20.4. The van der Waals surface area contributed by atoms with Gasteiger partial charge in [0.25, 0.3) is 0 Å². The van der Waals surface area contributed by atoms with Crippen LogP contribution < -0.4 is 5.32 Å². The lowest BCUT2D eigenvalue weighted by atomic mass is 10.1. The molecule has 1 N–H and O–H groups in total. The Hall–Kier alpha value is -0.150. The Morgan fingerprint density at radius 1 is 1.64 bits per heavy atom. The van der Waals surface area contributed by atoms with Gasteiger partial charge in [-0.25, -0.2) is 0 Å². The molecule has 0 aromatic heterocycles. The fourth-order valence-electron chi connectivity index (χ4n) is 1.69. The van der Waals surface area contributed by atoms with Crippen molar-refractivity contribution in [3.8, 4) is 0 Å². The molecule has 1 saturated carbocycles. The third-order valence-electron chi connectivity index (χ3n) is 2.67. The monoisotopic (exact) mass is 215 g/mol. The number of hydrogen-bond acceptors (Lipinski definition) is 2. The average Bonchev–Trinajstić information content (AvgIpc) is 2.93. The van der Waals surface area contributed by atoms with Crippen molar-refractivity contribution < 1.29 is 4.21 Å². The second-order valence-corrected chi connectivity index (χ2v) is 5.60. The van der Waals surface area contributed by atoms with Crippen LogP contribution in [0.3, 0.4) is 0 Å². The standard InChI is InChI=1S/C11H21NOS/c1-3-4-5-11(10-6-7-10)12-8-9-14(2)13/h3,10-12H,1,4-9H2,2H3. The van der Waals surface area contributed by atoms with E-state index in [1.807, 2.05) is 6.08 Å². The van der Waals surface area contributed by atoms with Crippen molar-refractivity contribution in [1.82, 2.24) is 5.32 Å². The van der Waals surface area contributed by atoms with Crippen LogP contribution in [-0.4, -0.2) is 28.8 Å². The van der Waals surface area contributed by atoms with Gasteiger partial charge in [-0.3, -0.25) is 4.21 Å². The molecule has 0 aliphatic heterocycles. The third kappa shape index (κ3) is 4.91. The summed E-state index contributed by atoms with van der Waals surface area (Å²) in [6.07, 6.45) is 8.74. The van der Waals surface area contributed by atoms with Gasteiger partial charge in [0.05, 0.1) is 0 Å². The minimum Gasteiger partial charge on any atom is -0.313 e. The highest BCUT2D eigenvalue weighted by atomic mass is 32.2. The molecule has 0 amide bonds. The lowest BCUT2D eigenvalue weighted by Gasteiger charge is -2.16. The van der Waals surface area contributed by atoms with Gasteiger partial charge in [0.1, 0.15) is 0 Å². The van der Waals surface area contributed by atoms with Crippen molar-refractivity contribution in [1.29, 1.82) is 0 Å². The van der Waals surface area contributed by atoms with Crippen molar-refractivity contribution >= 4 is 10.8 Å². The molecule has 0 aromatic rings. The molecule has 0 heterocycles. The fourth-order valence-corrected chi connectivity index (χ4v) is 2.09. The lowest BCUT2D eigenvalue weighted by Crippen LogP contribution is -2.33. The number of nitrogens with one attached hydrogen (secondary N) is 1. The van der Waals surface area contributed by atoms with Crippen molar-refractivity contribution in [3.63, 3.8) is 0 Å². The topological polar surface area (TPSA) is 29.1 Å². The summed E-state index contributed by atoms with van der Waals surface area (Å²) in [7, 11) is -0.663. The minimum atomic E-state index is -0.663. The first-order valence-corrected chi connectivity index (χ1v) is 7.11. The highest BCUT2D eigenvalue weighted by molar-refractivity contribution is 7.84. The van der Waals surface area contributed by atoms with Crippen LogP contribution in [0.1, 0.15) is 25.7 Å². The molecule has 0 aromatic carbocycles. The van der Waals surface area contributed by atoms with Crippen LogP contribution in [0.5, 0.6) is 0 Å². The molecule has 2 unspecified atom stereocenters. The predicted octanol–water partition coefficient (Wildman–Crippen LogP) is 1.70. The molecular formula is C11H21NOS. The van der Waals surface area contributed by atoms with Crippen LogP contribution in [0, 0.1) is 5.92 Å². The van der Waals surface area contributed by atoms with Gasteiger partial charge in [-0.1, -0.05) is 6.08 Å². The van der Waals surface area contributed by atoms with Gasteiger partial charge >= 0.3 is 0 Å². The van der Waals surface area contributed by atoms with Gasteiger partial charge in [0.15, 0.2) is 0 Å². The van der Waals surface area contributed by atoms with Crippen molar-refractivity contribution in [3.05, 3.63) is 12.7 Å². The molecule has 1 fully saturated rings. The second-order valence-electron chi connectivity index (χ2n) is 4.04. The molecule has 14 heavy (non-hydrogen) atoms. The highest BCUT2D eigenvalue weighted by Crippen LogP contribution is 2.34. The maximum Gasteiger partial charge on any atom is 0.0357 e. The van der Waals surface area contributed by atoms with Gasteiger partial charge in [-0.05, 0) is 31.6 Å². The Bertz CT molecular complexity index is 201. The molecule has 82 valence electrons. The smallest absolute Gasteiger partial charge is 0.0357 e. The van der Waals surface area contributed by atoms with E-state index < -0.39 is 10.8 Å². The lowest BCUT2D eigenvalue weighted by molar-refractivity contribution is 0.450. The Labute approximate surface area is 89.6 Å². The molecule has 0 spiro atoms. The van der Waals surface area contributed by atoms with E-state index in [9.17, 15) is 4.21 Å². The first-order valence-electron chi connectivity index (χ1n) is 5.38. The Morgan fingerprint density at radius 2 is 2.36 bits per heavy atom. The van der Waals surface area contributed by atoms with E-state index in [1.54, 1.807) is 6.26 Å². The SMILES string of the molecule is C=CCCC(NCCS(C)=O)C1CC1. The van der Waals surface area contributed by atoms with Crippen LogP contribution in [0.2, 0.25) is 0 Å². The molecule has 3 heteroatoms. The van der Waals surface area contributed by atoms with Crippen LogP contribution >= 0.6 is 0 Å². The summed E-state index contributed by atoms with van der Waals surface area (Å²) in [6, 6.07) is 0.636. The van der Waals surface area contributed by atoms with E-state index in [-0.39, 0.29) is 0 Å². The van der Waals surface area contributed by atoms with Crippen LogP contribution in [0.15, 0.2) is 12.7 Å². The van der Waals surface area contributed by atoms with Crippen LogP contribution in [0.4, 0.5) is 0 Å². The Kier molecular flexibility index (Phi) is 5.41. The van der Waals surface area contributed by atoms with E-state index in [2.05, 4.69) is 11.9 Å². The molecule has 2 atom stereocenters. The molecule has 0 bridgehead atoms. The van der Waals surface area contributed by atoms with Crippen LogP contribution in [-0.2, 0) is 10.8 Å². The van der Waals surface area contributed by atoms with E-state index in [4.69, 9.17) is 0 Å². The first kappa shape index (κ1) is 11.9. The molecule has 1 aliphatic rings. The first-order chi connectivity index (χ1) is 6.74. The Balaban J connectivity index is 2.14. The summed E-state index contributed by atoms with van der Waals surface area (Å²) in [6.45, 7) is 4.63. The largest absolute Gasteiger partial charge is 0.313 e. The van der Waals surface area contributed by atoms with Crippen molar-refractivity contribution in [2.45, 2.75) is 31.7 Å². The van der Waals surface area contributed by atoms with E-state index >= 15 is 0 Å². The summed E-state index contributed by atoms with van der Waals surface area (Å²) < 4.78 is 10.9. The number of hydrogen-bond donors (Lipinski definition) is 1. The zero-order valence-electron chi connectivity index (χ0n) is 9.00. The van der Waals surface area contributed by atoms with E-state index in [1.165, 1.54) is 19.3 Å². The molecule has 1 aliphatic carbocycles. The Morgan fingerprint density at radius 3 is 2.86 bits per heavy atom. The summed E-state index contributed by atoms with van der Waals surface area (Å²) >= 11 is 0. The summed E-state index contributed by atoms with van der Waals surface area (Å²) in [4.78, 5) is 0. The van der Waals surface area contributed by atoms with Gasteiger partial charge in [0.2, 0.25) is 0 Å². The maximum absolute atomic E-state index is 10.9. The van der Waals surface area contributed by atoms with E-state index in [0.717, 1.165) is 24.6 Å². The average molecular weight is 215 g/mol. The second kappa shape index (κ2) is 6.36. The molecule has 2 nitrogen and oxygen atoms in total. The molecule has 0 radical (unpaired) electrons. The van der Waals surface area contributed by atoms with E-state index in [0.29, 0.717) is 6.04 Å². The van der Waals surface area contributed by atoms with Crippen molar-refractivity contribution in [2.75, 3.05) is 18.6 Å². The molecule has 0 saturated heterocycles. The summed E-state index contributed by atoms with van der Waals surface area (Å²) in [5.41, 5.74) is 0. The summed E-state index contributed by atoms with van der Waals surface area (Å²) in [5, 5.41) is 3.51. The predicted molar refractivity (Wildman–Crippen MR) is 62.9 cm³/mol. The molecule has 1 rings (SSSR count). The zero-order chi connectivity index (χ0) is 10.4. The van der Waals surface area contributed by atoms with Gasteiger partial charge < -0.3 is 5.32 Å². The number of allylic oxidation sites excluding steroid dienone is 1. The zero-order valence-corrected chi connectivity index (χ0v) is 9.81. The van der Waals surface area contributed by atoms with Crippen LogP contribution in [0.25, 0.3) is 0 Å². The quantitative estimate of drug-likeness (QED) is 0.624. The highest BCUT2D eigenvalue weighted by Gasteiger charge is 2.29. The summed E-state index contributed by atoms with van der Waals surface area (Å²) in [5.74, 6) is 1.65. The fraction of sp³-hybridized carbons (Fsp3) is 0.818. The van der Waals surface area contributed by atoms with Crippen molar-refractivity contribution in [2.24, 2.45) is 5.92 Å². The van der Waals surface area contributed by atoms with Gasteiger partial charge in [-0.15, -0.1) is 6.58 Å². The third-order valence-corrected chi connectivity index (χ3v) is 3.45. The number of rotatable bonds is 8. The maximum atomic E-state index is 10.9. The van der Waals surface area contributed by atoms with Gasteiger partial charge in [0, 0.05) is 35.4 Å². The minimum absolute atomic E-state index is 0.636.